The Morgan fingerprint density at radius 2 is 1.66 bits per heavy atom. The van der Waals surface area contributed by atoms with E-state index in [9.17, 15) is 14.0 Å². The lowest BCUT2D eigenvalue weighted by molar-refractivity contribution is -0.121. The van der Waals surface area contributed by atoms with Crippen LogP contribution in [0.15, 0.2) is 72.8 Å². The van der Waals surface area contributed by atoms with E-state index in [0.29, 0.717) is 35.8 Å². The van der Waals surface area contributed by atoms with Crippen molar-refractivity contribution in [2.45, 2.75) is 12.3 Å². The molecule has 0 saturated carbocycles. The number of anilines is 2. The van der Waals surface area contributed by atoms with Crippen LogP contribution in [0.3, 0.4) is 0 Å². The van der Waals surface area contributed by atoms with E-state index in [-0.39, 0.29) is 30.2 Å². The van der Waals surface area contributed by atoms with Gasteiger partial charge in [-0.05, 0) is 48.4 Å². The second kappa shape index (κ2) is 10.9. The molecule has 0 unspecified atom stereocenters. The number of benzene rings is 3. The third kappa shape index (κ3) is 5.90. The largest absolute Gasteiger partial charge is 0.497 e. The van der Waals surface area contributed by atoms with Gasteiger partial charge in [0.05, 0.1) is 25.8 Å². The van der Waals surface area contributed by atoms with E-state index in [1.54, 1.807) is 30.2 Å². The lowest BCUT2D eigenvalue weighted by Gasteiger charge is -2.37. The van der Waals surface area contributed by atoms with Crippen molar-refractivity contribution in [3.63, 3.8) is 0 Å². The van der Waals surface area contributed by atoms with E-state index in [2.05, 4.69) is 10.6 Å². The molecular formula is C27H28FN3O4. The number of carbonyl (C=O) groups is 2. The van der Waals surface area contributed by atoms with Crippen LogP contribution in [-0.4, -0.2) is 44.1 Å². The molecule has 7 nitrogen and oxygen atoms in total. The second-order valence-electron chi connectivity index (χ2n) is 8.44. The van der Waals surface area contributed by atoms with Gasteiger partial charge in [-0.2, -0.15) is 0 Å². The summed E-state index contributed by atoms with van der Waals surface area (Å²) in [5.41, 5.74) is 2.08. The van der Waals surface area contributed by atoms with E-state index >= 15 is 0 Å². The summed E-state index contributed by atoms with van der Waals surface area (Å²) in [5, 5.41) is 5.76. The Balaban J connectivity index is 1.54. The van der Waals surface area contributed by atoms with Crippen LogP contribution >= 0.6 is 0 Å². The lowest BCUT2D eigenvalue weighted by atomic mass is 9.84. The Morgan fingerprint density at radius 3 is 2.34 bits per heavy atom. The molecule has 182 valence electrons. The van der Waals surface area contributed by atoms with Gasteiger partial charge in [-0.25, -0.2) is 9.18 Å². The smallest absolute Gasteiger partial charge is 0.321 e. The molecule has 0 radical (unpaired) electrons. The monoisotopic (exact) mass is 477 g/mol. The van der Waals surface area contributed by atoms with Gasteiger partial charge in [0.1, 0.15) is 17.3 Å². The van der Waals surface area contributed by atoms with Crippen molar-refractivity contribution in [1.29, 1.82) is 0 Å². The van der Waals surface area contributed by atoms with Gasteiger partial charge < -0.3 is 25.0 Å². The molecule has 2 N–H and O–H groups in total. The zero-order chi connectivity index (χ0) is 24.8. The minimum Gasteiger partial charge on any atom is -0.497 e. The molecule has 1 aliphatic rings. The highest BCUT2D eigenvalue weighted by Crippen LogP contribution is 2.33. The van der Waals surface area contributed by atoms with E-state index in [1.807, 2.05) is 30.3 Å². The number of hydrogen-bond donors (Lipinski definition) is 2. The number of ether oxygens (including phenoxy) is 2. The van der Waals surface area contributed by atoms with Gasteiger partial charge in [0, 0.05) is 30.8 Å². The van der Waals surface area contributed by atoms with Crippen LogP contribution < -0.4 is 20.1 Å². The average Bonchev–Trinajstić information content (AvgIpc) is 2.90. The molecule has 1 fully saturated rings. The van der Waals surface area contributed by atoms with Crippen molar-refractivity contribution < 1.29 is 23.5 Å². The number of amides is 3. The van der Waals surface area contributed by atoms with Crippen LogP contribution in [0.4, 0.5) is 20.6 Å². The number of nitrogens with one attached hydrogen (secondary N) is 2. The first-order chi connectivity index (χ1) is 17.0. The molecule has 0 aliphatic carbocycles. The van der Waals surface area contributed by atoms with Gasteiger partial charge in [-0.1, -0.05) is 30.3 Å². The molecule has 35 heavy (non-hydrogen) atoms. The summed E-state index contributed by atoms with van der Waals surface area (Å²) < 4.78 is 23.9. The molecule has 0 aromatic heterocycles. The minimum atomic E-state index is -0.445. The maximum atomic E-state index is 13.3. The minimum absolute atomic E-state index is 0.0163. The molecule has 2 atom stereocenters. The highest BCUT2D eigenvalue weighted by molar-refractivity contribution is 5.95. The molecule has 3 amide bonds. The zero-order valence-corrected chi connectivity index (χ0v) is 19.7. The SMILES string of the molecule is COc1ccc(NC(=O)[C@@H]2C[C@@H](c3ccccc3)CN(C(=O)Nc3ccc(F)cc3)C2)c(OC)c1. The van der Waals surface area contributed by atoms with Crippen molar-refractivity contribution >= 4 is 23.3 Å². The fraction of sp³-hybridized carbons (Fsp3) is 0.259. The number of nitrogens with zero attached hydrogens (tertiary/aromatic N) is 1. The standard InChI is InChI=1S/C27H28FN3O4/c1-34-23-12-13-24(25(15-23)35-2)30-26(32)20-14-19(18-6-4-3-5-7-18)16-31(17-20)27(33)29-22-10-8-21(28)9-11-22/h3-13,15,19-20H,14,16-17H2,1-2H3,(H,29,33)(H,30,32)/t19-,20-/m1/s1. The molecule has 3 aromatic rings. The predicted octanol–water partition coefficient (Wildman–Crippen LogP) is 5.12. The highest BCUT2D eigenvalue weighted by atomic mass is 19.1. The zero-order valence-electron chi connectivity index (χ0n) is 19.7. The molecule has 1 aliphatic heterocycles. The number of rotatable bonds is 6. The summed E-state index contributed by atoms with van der Waals surface area (Å²) in [6.45, 7) is 0.716. The number of carbonyl (C=O) groups excluding carboxylic acids is 2. The molecule has 4 rings (SSSR count). The number of likely N-dealkylation sites (tertiary alicyclic amines) is 1. The number of hydrogen-bond acceptors (Lipinski definition) is 4. The van der Waals surface area contributed by atoms with E-state index < -0.39 is 5.92 Å². The Labute approximate surface area is 203 Å². The van der Waals surface area contributed by atoms with Crippen molar-refractivity contribution in [3.05, 3.63) is 84.2 Å². The van der Waals surface area contributed by atoms with Crippen LogP contribution in [0, 0.1) is 11.7 Å². The Bertz CT molecular complexity index is 1170. The van der Waals surface area contributed by atoms with Gasteiger partial charge in [0.25, 0.3) is 0 Å². The molecule has 1 heterocycles. The number of urea groups is 1. The van der Waals surface area contributed by atoms with Crippen LogP contribution in [0.2, 0.25) is 0 Å². The topological polar surface area (TPSA) is 79.9 Å². The van der Waals surface area contributed by atoms with Crippen molar-refractivity contribution in [2.75, 3.05) is 37.9 Å². The highest BCUT2D eigenvalue weighted by Gasteiger charge is 2.35. The van der Waals surface area contributed by atoms with E-state index in [4.69, 9.17) is 9.47 Å². The summed E-state index contributed by atoms with van der Waals surface area (Å²) in [6.07, 6.45) is 0.592. The van der Waals surface area contributed by atoms with Crippen LogP contribution in [0.25, 0.3) is 0 Å². The van der Waals surface area contributed by atoms with Crippen LogP contribution in [-0.2, 0) is 4.79 Å². The summed E-state index contributed by atoms with van der Waals surface area (Å²) in [4.78, 5) is 28.1. The van der Waals surface area contributed by atoms with Crippen molar-refractivity contribution in [3.8, 4) is 11.5 Å². The molecule has 1 saturated heterocycles. The van der Waals surface area contributed by atoms with Gasteiger partial charge in [0.2, 0.25) is 5.91 Å². The Hall–Kier alpha value is -4.07. The quantitative estimate of drug-likeness (QED) is 0.517. The first-order valence-electron chi connectivity index (χ1n) is 11.4. The van der Waals surface area contributed by atoms with Crippen molar-refractivity contribution in [2.24, 2.45) is 5.92 Å². The first-order valence-corrected chi connectivity index (χ1v) is 11.4. The fourth-order valence-electron chi connectivity index (χ4n) is 4.29. The fourth-order valence-corrected chi connectivity index (χ4v) is 4.29. The molecule has 0 spiro atoms. The third-order valence-electron chi connectivity index (χ3n) is 6.14. The van der Waals surface area contributed by atoms with Crippen LogP contribution in [0.5, 0.6) is 11.5 Å². The normalized spacial score (nSPS) is 17.4. The summed E-state index contributed by atoms with van der Waals surface area (Å²) in [6, 6.07) is 20.3. The first kappa shape index (κ1) is 24.1. The van der Waals surface area contributed by atoms with Gasteiger partial charge in [0.15, 0.2) is 0 Å². The Kier molecular flexibility index (Phi) is 7.50. The number of piperidine rings is 1. The molecular weight excluding hydrogens is 449 g/mol. The molecule has 3 aromatic carbocycles. The van der Waals surface area contributed by atoms with Crippen LogP contribution in [0.1, 0.15) is 17.9 Å². The third-order valence-corrected chi connectivity index (χ3v) is 6.14. The van der Waals surface area contributed by atoms with Gasteiger partial charge in [-0.15, -0.1) is 0 Å². The maximum Gasteiger partial charge on any atom is 0.321 e. The van der Waals surface area contributed by atoms with Crippen molar-refractivity contribution in [1.82, 2.24) is 4.90 Å². The summed E-state index contributed by atoms with van der Waals surface area (Å²) in [7, 11) is 3.09. The van der Waals surface area contributed by atoms with Gasteiger partial charge in [-0.3, -0.25) is 4.79 Å². The summed E-state index contributed by atoms with van der Waals surface area (Å²) in [5.74, 6) is 0.0611. The number of halogens is 1. The molecule has 8 heteroatoms. The van der Waals surface area contributed by atoms with Gasteiger partial charge >= 0.3 is 6.03 Å². The molecule has 0 bridgehead atoms. The number of methoxy groups -OCH3 is 2. The van der Waals surface area contributed by atoms with E-state index in [0.717, 1.165) is 5.56 Å². The maximum absolute atomic E-state index is 13.3. The lowest BCUT2D eigenvalue weighted by Crippen LogP contribution is -2.48. The Morgan fingerprint density at radius 1 is 0.914 bits per heavy atom. The average molecular weight is 478 g/mol. The predicted molar refractivity (Wildman–Crippen MR) is 132 cm³/mol. The van der Waals surface area contributed by atoms with E-state index in [1.165, 1.54) is 31.4 Å². The summed E-state index contributed by atoms with van der Waals surface area (Å²) >= 11 is 0. The second-order valence-corrected chi connectivity index (χ2v) is 8.44.